The van der Waals surface area contributed by atoms with Crippen molar-refractivity contribution in [2.24, 2.45) is 0 Å². The molecule has 1 fully saturated rings. The average Bonchev–Trinajstić information content (AvgIpc) is 2.49. The lowest BCUT2D eigenvalue weighted by molar-refractivity contribution is 0.440. The van der Waals surface area contributed by atoms with Crippen LogP contribution >= 0.6 is 0 Å². The molecule has 3 rings (SSSR count). The maximum atomic E-state index is 12.2. The van der Waals surface area contributed by atoms with E-state index in [4.69, 9.17) is 0 Å². The van der Waals surface area contributed by atoms with Crippen LogP contribution in [-0.4, -0.2) is 9.97 Å². The Kier molecular flexibility index (Phi) is 3.45. The van der Waals surface area contributed by atoms with Crippen LogP contribution in [0.15, 0.2) is 41.3 Å². The third-order valence-corrected chi connectivity index (χ3v) is 3.92. The van der Waals surface area contributed by atoms with E-state index < -0.39 is 0 Å². The normalized spacial score (nSPS) is 16.4. The van der Waals surface area contributed by atoms with Crippen molar-refractivity contribution in [2.45, 2.75) is 38.0 Å². The molecule has 0 spiro atoms. The number of rotatable bonds is 2. The summed E-state index contributed by atoms with van der Waals surface area (Å²) < 4.78 is 0. The minimum atomic E-state index is 0.0285. The Hall–Kier alpha value is -1.90. The number of aromatic nitrogens is 2. The molecule has 0 saturated heterocycles. The fourth-order valence-corrected chi connectivity index (χ4v) is 2.85. The summed E-state index contributed by atoms with van der Waals surface area (Å²) in [6.07, 6.45) is 7.76. The molecule has 1 heterocycles. The van der Waals surface area contributed by atoms with E-state index in [1.165, 1.54) is 19.3 Å². The molecule has 2 aromatic rings. The summed E-state index contributed by atoms with van der Waals surface area (Å²) in [5.41, 5.74) is 1.84. The summed E-state index contributed by atoms with van der Waals surface area (Å²) in [6.45, 7) is 0. The number of hydrogen-bond acceptors (Lipinski definition) is 2. The highest BCUT2D eigenvalue weighted by Gasteiger charge is 2.19. The van der Waals surface area contributed by atoms with Crippen molar-refractivity contribution >= 4 is 0 Å². The van der Waals surface area contributed by atoms with Crippen molar-refractivity contribution in [2.75, 3.05) is 0 Å². The van der Waals surface area contributed by atoms with Crippen LogP contribution in [-0.2, 0) is 0 Å². The van der Waals surface area contributed by atoms with Crippen molar-refractivity contribution < 1.29 is 0 Å². The lowest BCUT2D eigenvalue weighted by Gasteiger charge is -2.20. The van der Waals surface area contributed by atoms with E-state index in [0.717, 1.165) is 24.0 Å². The maximum Gasteiger partial charge on any atom is 0.254 e. The van der Waals surface area contributed by atoms with Crippen molar-refractivity contribution in [1.82, 2.24) is 9.97 Å². The number of nitrogens with zero attached hydrogens (tertiary/aromatic N) is 1. The van der Waals surface area contributed by atoms with E-state index in [-0.39, 0.29) is 5.56 Å². The second kappa shape index (κ2) is 5.39. The number of H-pyrrole nitrogens is 1. The zero-order valence-electron chi connectivity index (χ0n) is 10.9. The summed E-state index contributed by atoms with van der Waals surface area (Å²) in [4.78, 5) is 19.6. The Morgan fingerprint density at radius 3 is 2.47 bits per heavy atom. The van der Waals surface area contributed by atoms with Gasteiger partial charge >= 0.3 is 0 Å². The van der Waals surface area contributed by atoms with Gasteiger partial charge in [-0.3, -0.25) is 4.79 Å². The second-order valence-electron chi connectivity index (χ2n) is 5.22. The SMILES string of the molecule is O=c1[nH]c(-c2ccccc2)ncc1C1CCCCC1. The van der Waals surface area contributed by atoms with Gasteiger partial charge in [-0.25, -0.2) is 4.98 Å². The van der Waals surface area contributed by atoms with Gasteiger partial charge in [0.25, 0.3) is 5.56 Å². The van der Waals surface area contributed by atoms with Crippen LogP contribution in [0.2, 0.25) is 0 Å². The van der Waals surface area contributed by atoms with E-state index in [1.807, 2.05) is 30.3 Å². The molecule has 1 saturated carbocycles. The largest absolute Gasteiger partial charge is 0.306 e. The van der Waals surface area contributed by atoms with Crippen LogP contribution in [0.5, 0.6) is 0 Å². The van der Waals surface area contributed by atoms with E-state index in [0.29, 0.717) is 11.7 Å². The molecule has 0 amide bonds. The van der Waals surface area contributed by atoms with Crippen LogP contribution < -0.4 is 5.56 Å². The van der Waals surface area contributed by atoms with Gasteiger partial charge in [0.05, 0.1) is 0 Å². The fraction of sp³-hybridized carbons (Fsp3) is 0.375. The van der Waals surface area contributed by atoms with Crippen molar-refractivity contribution in [3.05, 3.63) is 52.4 Å². The highest BCUT2D eigenvalue weighted by atomic mass is 16.1. The first-order valence-corrected chi connectivity index (χ1v) is 6.99. The maximum absolute atomic E-state index is 12.2. The molecule has 0 aliphatic heterocycles. The van der Waals surface area contributed by atoms with Gasteiger partial charge in [-0.1, -0.05) is 49.6 Å². The number of benzene rings is 1. The van der Waals surface area contributed by atoms with Gasteiger partial charge in [0.1, 0.15) is 5.82 Å². The molecule has 0 radical (unpaired) electrons. The third-order valence-electron chi connectivity index (χ3n) is 3.92. The quantitative estimate of drug-likeness (QED) is 0.891. The van der Waals surface area contributed by atoms with Crippen molar-refractivity contribution in [1.29, 1.82) is 0 Å². The van der Waals surface area contributed by atoms with Gasteiger partial charge < -0.3 is 4.98 Å². The van der Waals surface area contributed by atoms with Gasteiger partial charge in [0.2, 0.25) is 0 Å². The van der Waals surface area contributed by atoms with Crippen molar-refractivity contribution in [3.63, 3.8) is 0 Å². The Bertz CT molecular complexity index is 598. The molecular formula is C16H18N2O. The topological polar surface area (TPSA) is 45.8 Å². The van der Waals surface area contributed by atoms with Gasteiger partial charge in [-0.15, -0.1) is 0 Å². The first kappa shape index (κ1) is 12.2. The van der Waals surface area contributed by atoms with Crippen LogP contribution in [0.3, 0.4) is 0 Å². The highest BCUT2D eigenvalue weighted by molar-refractivity contribution is 5.54. The smallest absolute Gasteiger partial charge is 0.254 e. The summed E-state index contributed by atoms with van der Waals surface area (Å²) in [7, 11) is 0. The second-order valence-corrected chi connectivity index (χ2v) is 5.22. The lowest BCUT2D eigenvalue weighted by Crippen LogP contribution is -2.19. The van der Waals surface area contributed by atoms with Crippen LogP contribution in [0.25, 0.3) is 11.4 Å². The standard InChI is InChI=1S/C16H18N2O/c19-16-14(12-7-3-1-4-8-12)11-17-15(18-16)13-9-5-2-6-10-13/h2,5-6,9-12H,1,3-4,7-8H2,(H,17,18,19). The molecule has 19 heavy (non-hydrogen) atoms. The van der Waals surface area contributed by atoms with E-state index >= 15 is 0 Å². The fourth-order valence-electron chi connectivity index (χ4n) is 2.85. The molecule has 3 nitrogen and oxygen atoms in total. The van der Waals surface area contributed by atoms with Crippen molar-refractivity contribution in [3.8, 4) is 11.4 Å². The molecule has 1 aliphatic carbocycles. The molecule has 3 heteroatoms. The Morgan fingerprint density at radius 1 is 1.05 bits per heavy atom. The molecule has 0 atom stereocenters. The van der Waals surface area contributed by atoms with Gasteiger partial charge in [0, 0.05) is 17.3 Å². The van der Waals surface area contributed by atoms with E-state index in [2.05, 4.69) is 9.97 Å². The minimum Gasteiger partial charge on any atom is -0.306 e. The number of aromatic amines is 1. The molecule has 1 aliphatic rings. The Balaban J connectivity index is 1.92. The average molecular weight is 254 g/mol. The van der Waals surface area contributed by atoms with Gasteiger partial charge in [0.15, 0.2) is 0 Å². The van der Waals surface area contributed by atoms with Gasteiger partial charge in [-0.2, -0.15) is 0 Å². The zero-order valence-corrected chi connectivity index (χ0v) is 10.9. The minimum absolute atomic E-state index is 0.0285. The van der Waals surface area contributed by atoms with E-state index in [1.54, 1.807) is 6.20 Å². The first-order chi connectivity index (χ1) is 9.34. The Labute approximate surface area is 112 Å². The highest BCUT2D eigenvalue weighted by Crippen LogP contribution is 2.30. The van der Waals surface area contributed by atoms with E-state index in [9.17, 15) is 4.79 Å². The molecule has 0 unspecified atom stereocenters. The predicted octanol–water partition coefficient (Wildman–Crippen LogP) is 3.48. The molecule has 1 aromatic carbocycles. The monoisotopic (exact) mass is 254 g/mol. The number of nitrogens with one attached hydrogen (secondary N) is 1. The molecule has 98 valence electrons. The molecule has 1 aromatic heterocycles. The summed E-state index contributed by atoms with van der Waals surface area (Å²) in [5.74, 6) is 1.06. The lowest BCUT2D eigenvalue weighted by atomic mass is 9.85. The first-order valence-electron chi connectivity index (χ1n) is 6.99. The number of hydrogen-bond donors (Lipinski definition) is 1. The van der Waals surface area contributed by atoms with Crippen LogP contribution in [0.1, 0.15) is 43.6 Å². The molecule has 1 N–H and O–H groups in total. The summed E-state index contributed by atoms with van der Waals surface area (Å²) >= 11 is 0. The summed E-state index contributed by atoms with van der Waals surface area (Å²) in [6, 6.07) is 9.77. The third kappa shape index (κ3) is 2.60. The molecule has 0 bridgehead atoms. The predicted molar refractivity (Wildman–Crippen MR) is 76.1 cm³/mol. The van der Waals surface area contributed by atoms with Gasteiger partial charge in [-0.05, 0) is 18.8 Å². The zero-order chi connectivity index (χ0) is 13.1. The van der Waals surface area contributed by atoms with Crippen LogP contribution in [0.4, 0.5) is 0 Å². The Morgan fingerprint density at radius 2 is 1.79 bits per heavy atom. The molecular weight excluding hydrogens is 236 g/mol. The summed E-state index contributed by atoms with van der Waals surface area (Å²) in [5, 5.41) is 0. The van der Waals surface area contributed by atoms with Crippen LogP contribution in [0, 0.1) is 0 Å².